The molecule has 37 heavy (non-hydrogen) atoms. The summed E-state index contributed by atoms with van der Waals surface area (Å²) in [6.45, 7) is 4.11. The topological polar surface area (TPSA) is 87.2 Å². The van der Waals surface area contributed by atoms with E-state index in [0.717, 1.165) is 22.5 Å². The Hall–Kier alpha value is -2.56. The fourth-order valence-corrected chi connectivity index (χ4v) is 6.07. The lowest BCUT2D eigenvalue weighted by atomic mass is 9.81. The van der Waals surface area contributed by atoms with Gasteiger partial charge in [0.2, 0.25) is 10.0 Å². The Morgan fingerprint density at radius 1 is 1.05 bits per heavy atom. The zero-order valence-corrected chi connectivity index (χ0v) is 23.3. The number of thioether (sulfide) groups is 1. The highest BCUT2D eigenvalue weighted by atomic mass is 35.5. The number of hydrogen-bond donors (Lipinski definition) is 1. The maximum absolute atomic E-state index is 13.8. The Balaban J connectivity index is 1.75. The van der Waals surface area contributed by atoms with Gasteiger partial charge in [-0.3, -0.25) is 4.57 Å². The van der Waals surface area contributed by atoms with E-state index in [0.29, 0.717) is 21.7 Å². The van der Waals surface area contributed by atoms with Crippen LogP contribution >= 0.6 is 35.0 Å². The molecule has 6 nitrogen and oxygen atoms in total. The first kappa shape index (κ1) is 27.5. The molecule has 3 aromatic carbocycles. The Morgan fingerprint density at radius 3 is 2.35 bits per heavy atom. The van der Waals surface area contributed by atoms with Crippen LogP contribution in [-0.2, 0) is 21.2 Å². The second kappa shape index (κ2) is 10.7. The number of benzene rings is 3. The molecule has 0 unspecified atom stereocenters. The number of sulfonamides is 1. The standard InChI is InChI=1S/C26H24Cl2FN3O3S2/c1-26(2,17-5-11-23(35-3)22(28)12-17)24-14-31-25(32(24)19-8-6-18(29)7-9-19)36-15-16-4-10-20(13-21(16)27)37(30,33)34/h4-14H,15H2,1-3H3,(H2,30,33,34). The third kappa shape index (κ3) is 5.81. The molecular weight excluding hydrogens is 556 g/mol. The molecule has 0 spiro atoms. The van der Waals surface area contributed by atoms with Crippen molar-refractivity contribution in [3.8, 4) is 11.4 Å². The number of hydrogen-bond acceptors (Lipinski definition) is 5. The van der Waals surface area contributed by atoms with Crippen molar-refractivity contribution in [3.05, 3.63) is 99.5 Å². The van der Waals surface area contributed by atoms with Crippen molar-refractivity contribution in [2.75, 3.05) is 7.11 Å². The maximum atomic E-state index is 13.8. The zero-order chi connectivity index (χ0) is 27.0. The van der Waals surface area contributed by atoms with Gasteiger partial charge in [-0.25, -0.2) is 22.9 Å². The lowest BCUT2D eigenvalue weighted by molar-refractivity contribution is 0.414. The molecule has 11 heteroatoms. The largest absolute Gasteiger partial charge is 0.495 e. The summed E-state index contributed by atoms with van der Waals surface area (Å²) in [4.78, 5) is 4.63. The SMILES string of the molecule is COc1ccc(C(C)(C)c2cnc(SCc3ccc(S(N)(=O)=O)cc3Cl)n2-c2ccc(F)cc2)cc1Cl. The lowest BCUT2D eigenvalue weighted by Gasteiger charge is -2.28. The highest BCUT2D eigenvalue weighted by Gasteiger charge is 2.30. The molecule has 0 amide bonds. The molecule has 0 aliphatic rings. The van der Waals surface area contributed by atoms with Crippen molar-refractivity contribution in [3.63, 3.8) is 0 Å². The minimum atomic E-state index is -3.86. The first-order chi connectivity index (χ1) is 17.4. The van der Waals surface area contributed by atoms with Gasteiger partial charge in [-0.05, 0) is 59.7 Å². The number of rotatable bonds is 8. The van der Waals surface area contributed by atoms with E-state index < -0.39 is 15.4 Å². The van der Waals surface area contributed by atoms with E-state index in [1.165, 1.54) is 36.0 Å². The molecule has 1 aromatic heterocycles. The van der Waals surface area contributed by atoms with Crippen LogP contribution in [-0.4, -0.2) is 25.1 Å². The van der Waals surface area contributed by atoms with E-state index in [4.69, 9.17) is 33.1 Å². The Kier molecular flexibility index (Phi) is 7.92. The van der Waals surface area contributed by atoms with E-state index in [-0.39, 0.29) is 15.7 Å². The molecular formula is C26H24Cl2FN3O3S2. The van der Waals surface area contributed by atoms with Crippen LogP contribution in [0.4, 0.5) is 4.39 Å². The summed E-state index contributed by atoms with van der Waals surface area (Å²) < 4.78 is 44.3. The average Bonchev–Trinajstić information content (AvgIpc) is 3.28. The minimum absolute atomic E-state index is 0.0544. The van der Waals surface area contributed by atoms with Gasteiger partial charge in [-0.1, -0.05) is 60.9 Å². The van der Waals surface area contributed by atoms with E-state index in [1.807, 2.05) is 22.8 Å². The Bertz CT molecular complexity index is 1560. The van der Waals surface area contributed by atoms with Crippen LogP contribution in [0.3, 0.4) is 0 Å². The predicted molar refractivity (Wildman–Crippen MR) is 146 cm³/mol. The fraction of sp³-hybridized carbons (Fsp3) is 0.192. The van der Waals surface area contributed by atoms with Gasteiger partial charge in [0, 0.05) is 21.9 Å². The molecule has 194 valence electrons. The van der Waals surface area contributed by atoms with Crippen molar-refractivity contribution in [2.24, 2.45) is 5.14 Å². The van der Waals surface area contributed by atoms with Crippen LogP contribution in [0.1, 0.15) is 30.7 Å². The number of primary sulfonamides is 1. The molecule has 0 aliphatic carbocycles. The number of nitrogens with two attached hydrogens (primary N) is 1. The molecule has 1 heterocycles. The van der Waals surface area contributed by atoms with Gasteiger partial charge in [0.1, 0.15) is 11.6 Å². The van der Waals surface area contributed by atoms with Crippen molar-refractivity contribution in [1.82, 2.24) is 9.55 Å². The van der Waals surface area contributed by atoms with Gasteiger partial charge in [-0.2, -0.15) is 0 Å². The van der Waals surface area contributed by atoms with E-state index in [9.17, 15) is 12.8 Å². The molecule has 0 saturated carbocycles. The summed E-state index contributed by atoms with van der Waals surface area (Å²) in [6.07, 6.45) is 1.79. The highest BCUT2D eigenvalue weighted by Crippen LogP contribution is 2.39. The number of ether oxygens (including phenoxy) is 1. The summed E-state index contributed by atoms with van der Waals surface area (Å²) in [5.41, 5.74) is 2.72. The van der Waals surface area contributed by atoms with Crippen LogP contribution < -0.4 is 9.88 Å². The normalized spacial score (nSPS) is 12.1. The first-order valence-corrected chi connectivity index (χ1v) is 14.3. The van der Waals surface area contributed by atoms with Gasteiger partial charge in [-0.15, -0.1) is 0 Å². The van der Waals surface area contributed by atoms with Crippen molar-refractivity contribution in [1.29, 1.82) is 0 Å². The first-order valence-electron chi connectivity index (χ1n) is 11.0. The molecule has 0 bridgehead atoms. The average molecular weight is 581 g/mol. The van der Waals surface area contributed by atoms with Gasteiger partial charge >= 0.3 is 0 Å². The van der Waals surface area contributed by atoms with E-state index in [2.05, 4.69) is 18.8 Å². The molecule has 2 N–H and O–H groups in total. The zero-order valence-electron chi connectivity index (χ0n) is 20.2. The van der Waals surface area contributed by atoms with Crippen molar-refractivity contribution in [2.45, 2.75) is 35.1 Å². The number of imidazole rings is 1. The summed E-state index contributed by atoms with van der Waals surface area (Å²) in [5.74, 6) is 0.647. The van der Waals surface area contributed by atoms with Gasteiger partial charge in [0.15, 0.2) is 5.16 Å². The molecule has 0 aliphatic heterocycles. The quantitative estimate of drug-likeness (QED) is 0.238. The summed E-state index contributed by atoms with van der Waals surface area (Å²) in [7, 11) is -2.29. The molecule has 0 radical (unpaired) electrons. The van der Waals surface area contributed by atoms with Gasteiger partial charge < -0.3 is 4.74 Å². The van der Waals surface area contributed by atoms with E-state index >= 15 is 0 Å². The van der Waals surface area contributed by atoms with Crippen LogP contribution in [0.15, 0.2) is 76.9 Å². The molecule has 0 atom stereocenters. The summed E-state index contributed by atoms with van der Waals surface area (Å²) in [5, 5.41) is 6.64. The second-order valence-electron chi connectivity index (χ2n) is 8.80. The van der Waals surface area contributed by atoms with Crippen LogP contribution in [0.2, 0.25) is 10.0 Å². The monoisotopic (exact) mass is 579 g/mol. The van der Waals surface area contributed by atoms with Crippen molar-refractivity contribution < 1.29 is 17.5 Å². The Labute approximate surface area is 229 Å². The fourth-order valence-electron chi connectivity index (χ4n) is 3.88. The summed E-state index contributed by atoms with van der Waals surface area (Å²) >= 11 is 14.2. The number of nitrogens with zero attached hydrogens (tertiary/aromatic N) is 2. The summed E-state index contributed by atoms with van der Waals surface area (Å²) in [6, 6.07) is 16.2. The van der Waals surface area contributed by atoms with Gasteiger partial charge in [0.05, 0.1) is 28.9 Å². The van der Waals surface area contributed by atoms with Gasteiger partial charge in [0.25, 0.3) is 0 Å². The molecule has 0 saturated heterocycles. The van der Waals surface area contributed by atoms with E-state index in [1.54, 1.807) is 31.5 Å². The van der Waals surface area contributed by atoms with Crippen molar-refractivity contribution >= 4 is 45.0 Å². The maximum Gasteiger partial charge on any atom is 0.238 e. The Morgan fingerprint density at radius 2 is 1.76 bits per heavy atom. The third-order valence-electron chi connectivity index (χ3n) is 6.04. The minimum Gasteiger partial charge on any atom is -0.495 e. The number of halogens is 3. The number of methoxy groups -OCH3 is 1. The highest BCUT2D eigenvalue weighted by molar-refractivity contribution is 7.98. The van der Waals surface area contributed by atoms with Crippen LogP contribution in [0.25, 0.3) is 5.69 Å². The third-order valence-corrected chi connectivity index (χ3v) is 8.60. The molecule has 4 aromatic rings. The predicted octanol–water partition coefficient (Wildman–Crippen LogP) is 6.59. The number of aromatic nitrogens is 2. The molecule has 0 fully saturated rings. The second-order valence-corrected chi connectivity index (χ2v) is 12.1. The van der Waals surface area contributed by atoms with Crippen LogP contribution in [0.5, 0.6) is 5.75 Å². The molecule has 4 rings (SSSR count). The van der Waals surface area contributed by atoms with Crippen LogP contribution in [0, 0.1) is 5.82 Å². The lowest BCUT2D eigenvalue weighted by Crippen LogP contribution is -2.23. The smallest absolute Gasteiger partial charge is 0.238 e.